The van der Waals surface area contributed by atoms with Crippen molar-refractivity contribution in [3.8, 4) is 11.4 Å². The van der Waals surface area contributed by atoms with Gasteiger partial charge in [-0.1, -0.05) is 12.1 Å². The van der Waals surface area contributed by atoms with Gasteiger partial charge in [0.05, 0.1) is 11.4 Å². The quantitative estimate of drug-likeness (QED) is 0.243. The van der Waals surface area contributed by atoms with E-state index in [-0.39, 0.29) is 11.4 Å². The van der Waals surface area contributed by atoms with Crippen LogP contribution >= 0.6 is 30.4 Å². The summed E-state index contributed by atoms with van der Waals surface area (Å²) in [5.74, 6) is 0. The Labute approximate surface area is 168 Å². The van der Waals surface area contributed by atoms with Crippen LogP contribution in [0.5, 0.6) is 0 Å². The van der Waals surface area contributed by atoms with Crippen LogP contribution in [0.4, 0.5) is 0 Å². The molecule has 0 aliphatic heterocycles. The van der Waals surface area contributed by atoms with E-state index >= 15 is 0 Å². The highest BCUT2D eigenvalue weighted by molar-refractivity contribution is 7.70. The molecule has 30 heavy (non-hydrogen) atoms. The number of pyridine rings is 2. The number of hydrogen-bond donors (Lipinski definition) is 8. The van der Waals surface area contributed by atoms with Crippen LogP contribution in [-0.2, 0) is 18.3 Å². The van der Waals surface area contributed by atoms with Gasteiger partial charge in [0.25, 0.3) is 0 Å². The van der Waals surface area contributed by atoms with E-state index in [1.165, 1.54) is 0 Å². The average Bonchev–Trinajstić information content (AvgIpc) is 2.51. The second-order valence-electron chi connectivity index (χ2n) is 6.06. The van der Waals surface area contributed by atoms with E-state index in [1.807, 2.05) is 0 Å². The molecule has 166 valence electrons. The zero-order chi connectivity index (χ0) is 23.1. The summed E-state index contributed by atoms with van der Waals surface area (Å²) in [7, 11) is -20.9. The topological polar surface area (TPSA) is 256 Å². The molecule has 0 saturated carbocycles. The van der Waals surface area contributed by atoms with Crippen molar-refractivity contribution in [1.82, 2.24) is 9.97 Å². The van der Waals surface area contributed by atoms with Crippen molar-refractivity contribution in [2.45, 2.75) is 10.8 Å². The third-order valence-electron chi connectivity index (χ3n) is 3.71. The number of aromatic nitrogens is 2. The second-order valence-corrected chi connectivity index (χ2v) is 13.7. The summed E-state index contributed by atoms with van der Waals surface area (Å²) in [5, 5.41) is -4.82. The van der Waals surface area contributed by atoms with E-state index in [4.69, 9.17) is 0 Å². The van der Waals surface area contributed by atoms with Gasteiger partial charge in [-0.05, 0) is 23.3 Å². The first-order chi connectivity index (χ1) is 13.4. The van der Waals surface area contributed by atoms with Gasteiger partial charge in [-0.15, -0.1) is 0 Å². The fourth-order valence-electron chi connectivity index (χ4n) is 2.59. The summed E-state index contributed by atoms with van der Waals surface area (Å²) >= 11 is 0. The highest BCUT2D eigenvalue weighted by Gasteiger charge is 2.45. The lowest BCUT2D eigenvalue weighted by Crippen LogP contribution is -2.03. The third kappa shape index (κ3) is 5.99. The van der Waals surface area contributed by atoms with Crippen molar-refractivity contribution in [1.29, 1.82) is 0 Å². The van der Waals surface area contributed by atoms with Gasteiger partial charge in [0.2, 0.25) is 0 Å². The van der Waals surface area contributed by atoms with Crippen LogP contribution in [0.1, 0.15) is 21.9 Å². The molecule has 14 nitrogen and oxygen atoms in total. The first-order valence-corrected chi connectivity index (χ1v) is 14.3. The number of rotatable bonds is 7. The molecule has 0 atom stereocenters. The Kier molecular flexibility index (Phi) is 7.08. The fourth-order valence-corrected chi connectivity index (χ4v) is 7.89. The largest absolute Gasteiger partial charge is 0.345 e. The Balaban J connectivity index is 2.41. The minimum atomic E-state index is -5.22. The molecule has 0 amide bonds. The van der Waals surface area contributed by atoms with Crippen LogP contribution in [0.25, 0.3) is 11.4 Å². The van der Waals surface area contributed by atoms with E-state index in [0.29, 0.717) is 0 Å². The average molecular weight is 504 g/mol. The molecule has 0 saturated heterocycles. The summed E-state index contributed by atoms with van der Waals surface area (Å²) in [6.45, 7) is 0. The fraction of sp³-hybridized carbons (Fsp3) is 0.167. The molecule has 0 spiro atoms. The molecule has 0 fully saturated rings. The second kappa shape index (κ2) is 8.44. The highest BCUT2D eigenvalue weighted by atomic mass is 31.2. The normalized spacial score (nSPS) is 13.8. The molecule has 2 aromatic rings. The monoisotopic (exact) mass is 504 g/mol. The van der Waals surface area contributed by atoms with Crippen LogP contribution in [0.15, 0.2) is 36.7 Å². The van der Waals surface area contributed by atoms with Crippen molar-refractivity contribution in [3.05, 3.63) is 47.8 Å². The minimum absolute atomic E-state index is 0.0457. The Bertz CT molecular complexity index is 964. The van der Waals surface area contributed by atoms with Gasteiger partial charge in [-0.25, -0.2) is 0 Å². The first kappa shape index (κ1) is 25.2. The number of nitrogens with zero attached hydrogens (tertiary/aromatic N) is 2. The summed E-state index contributed by atoms with van der Waals surface area (Å²) in [6, 6.07) is 4.29. The standard InChI is InChI=1S/C12H16N2O12P4/c15-27(16,17)11(28(18,19)20)7-1-3-9(13-5-7)10-4-2-8(6-14-10)12(29(21,22)23)30(24,25)26/h1-6,11-12H,(H2,15,16,17)(H2,18,19,20)(H2,21,22,23)(H2,24,25,26). The summed E-state index contributed by atoms with van der Waals surface area (Å²) in [5.41, 5.74) is -0.769. The molecule has 0 bridgehead atoms. The van der Waals surface area contributed by atoms with Crippen LogP contribution in [0, 0.1) is 0 Å². The first-order valence-electron chi connectivity index (χ1n) is 7.55. The molecule has 18 heteroatoms. The van der Waals surface area contributed by atoms with Crippen molar-refractivity contribution in [2.75, 3.05) is 0 Å². The smallest absolute Gasteiger partial charge is 0.324 e. The molecule has 2 aromatic heterocycles. The molecular formula is C12H16N2O12P4. The molecular weight excluding hydrogens is 488 g/mol. The summed E-state index contributed by atoms with van der Waals surface area (Å²) < 4.78 is 45.7. The number of hydrogen-bond acceptors (Lipinski definition) is 6. The maximum atomic E-state index is 11.4. The highest BCUT2D eigenvalue weighted by Crippen LogP contribution is 2.70. The molecule has 0 aromatic carbocycles. The van der Waals surface area contributed by atoms with Crippen molar-refractivity contribution >= 4 is 30.4 Å². The van der Waals surface area contributed by atoms with E-state index < -0.39 is 52.3 Å². The Morgan fingerprint density at radius 3 is 0.967 bits per heavy atom. The zero-order valence-corrected chi connectivity index (χ0v) is 18.1. The van der Waals surface area contributed by atoms with Gasteiger partial charge in [-0.2, -0.15) is 0 Å². The molecule has 0 radical (unpaired) electrons. The summed E-state index contributed by atoms with van der Waals surface area (Å²) in [4.78, 5) is 81.4. The molecule has 0 aliphatic rings. The molecule has 0 aliphatic carbocycles. The van der Waals surface area contributed by atoms with E-state index in [0.717, 1.165) is 36.7 Å². The van der Waals surface area contributed by atoms with Gasteiger partial charge in [0.15, 0.2) is 10.8 Å². The van der Waals surface area contributed by atoms with Crippen molar-refractivity contribution in [3.63, 3.8) is 0 Å². The van der Waals surface area contributed by atoms with Gasteiger partial charge >= 0.3 is 30.4 Å². The SMILES string of the molecule is O=P(O)(O)C(c1ccc(-c2ccc(C(P(=O)(O)O)P(=O)(O)O)cn2)nc1)P(=O)(O)O. The van der Waals surface area contributed by atoms with Crippen molar-refractivity contribution in [2.24, 2.45) is 0 Å². The van der Waals surface area contributed by atoms with Gasteiger partial charge in [0.1, 0.15) is 0 Å². The maximum Gasteiger partial charge on any atom is 0.345 e. The van der Waals surface area contributed by atoms with E-state index in [2.05, 4.69) is 9.97 Å². The molecule has 2 heterocycles. The lowest BCUT2D eigenvalue weighted by Gasteiger charge is -2.20. The maximum absolute atomic E-state index is 11.4. The van der Waals surface area contributed by atoms with Gasteiger partial charge < -0.3 is 39.1 Å². The predicted octanol–water partition coefficient (Wildman–Crippen LogP) is 0.852. The molecule has 8 N–H and O–H groups in total. The zero-order valence-electron chi connectivity index (χ0n) is 14.5. The Morgan fingerprint density at radius 2 is 0.800 bits per heavy atom. The third-order valence-corrected chi connectivity index (χ3v) is 11.1. The van der Waals surface area contributed by atoms with Crippen LogP contribution in [0.3, 0.4) is 0 Å². The van der Waals surface area contributed by atoms with Crippen LogP contribution in [-0.4, -0.2) is 49.1 Å². The molecule has 0 unspecified atom stereocenters. The van der Waals surface area contributed by atoms with Crippen LogP contribution < -0.4 is 0 Å². The minimum Gasteiger partial charge on any atom is -0.324 e. The van der Waals surface area contributed by atoms with Crippen LogP contribution in [0.2, 0.25) is 0 Å². The lowest BCUT2D eigenvalue weighted by molar-refractivity contribution is 0.335. The summed E-state index contributed by atoms with van der Waals surface area (Å²) in [6.07, 6.45) is 1.64. The van der Waals surface area contributed by atoms with Gasteiger partial charge in [0, 0.05) is 12.4 Å². The van der Waals surface area contributed by atoms with Crippen molar-refractivity contribution < 1.29 is 57.4 Å². The Morgan fingerprint density at radius 1 is 0.533 bits per heavy atom. The lowest BCUT2D eigenvalue weighted by atomic mass is 10.2. The predicted molar refractivity (Wildman–Crippen MR) is 101 cm³/mol. The molecule has 2 rings (SSSR count). The van der Waals surface area contributed by atoms with Gasteiger partial charge in [-0.3, -0.25) is 28.2 Å². The van der Waals surface area contributed by atoms with E-state index in [9.17, 15) is 57.4 Å². The Hall–Kier alpha value is -1.10. The van der Waals surface area contributed by atoms with E-state index in [1.54, 1.807) is 0 Å².